The number of amides is 1. The molecule has 3 fully saturated rings. The molecule has 5 heteroatoms. The average molecular weight is 309 g/mol. The van der Waals surface area contributed by atoms with Crippen LogP contribution in [0.15, 0.2) is 0 Å². The monoisotopic (exact) mass is 309 g/mol. The molecule has 3 aliphatic heterocycles. The minimum absolute atomic E-state index is 0.339. The van der Waals surface area contributed by atoms with Crippen LogP contribution >= 0.6 is 0 Å². The van der Waals surface area contributed by atoms with Crippen molar-refractivity contribution in [2.45, 2.75) is 32.1 Å². The highest BCUT2D eigenvalue weighted by molar-refractivity contribution is 5.78. The van der Waals surface area contributed by atoms with Crippen molar-refractivity contribution in [3.8, 4) is 0 Å². The van der Waals surface area contributed by atoms with E-state index >= 15 is 0 Å². The van der Waals surface area contributed by atoms with E-state index in [1.54, 1.807) is 0 Å². The summed E-state index contributed by atoms with van der Waals surface area (Å²) >= 11 is 0. The van der Waals surface area contributed by atoms with Gasteiger partial charge in [-0.15, -0.1) is 0 Å². The number of nitrogens with zero attached hydrogens (tertiary/aromatic N) is 3. The molecule has 1 amide bonds. The highest BCUT2D eigenvalue weighted by Gasteiger charge is 2.37. The quantitative estimate of drug-likeness (QED) is 0.764. The molecule has 0 aromatic heterocycles. The number of rotatable bonds is 2. The molecule has 0 N–H and O–H groups in total. The van der Waals surface area contributed by atoms with E-state index in [-0.39, 0.29) is 0 Å². The lowest BCUT2D eigenvalue weighted by Gasteiger charge is -2.44. The number of hydrogen-bond donors (Lipinski definition) is 0. The standard InChI is InChI=1S/C17H31N3O2/c1-18-7-2-8-19(12-11-18)15-16(21)20-9-3-17(4-10-20)5-13-22-14-6-17/h2-15H2,1H3. The second-order valence-electron chi connectivity index (χ2n) is 7.43. The minimum Gasteiger partial charge on any atom is -0.381 e. The molecule has 126 valence electrons. The predicted octanol–water partition coefficient (Wildman–Crippen LogP) is 1.04. The zero-order chi connectivity index (χ0) is 15.4. The van der Waals surface area contributed by atoms with Crippen LogP contribution in [0.5, 0.6) is 0 Å². The molecule has 0 aromatic rings. The first-order chi connectivity index (χ1) is 10.7. The minimum atomic E-state index is 0.339. The zero-order valence-corrected chi connectivity index (χ0v) is 14.1. The van der Waals surface area contributed by atoms with E-state index in [2.05, 4.69) is 21.7 Å². The van der Waals surface area contributed by atoms with Gasteiger partial charge in [-0.1, -0.05) is 0 Å². The Bertz CT molecular complexity index is 372. The van der Waals surface area contributed by atoms with Gasteiger partial charge in [-0.05, 0) is 57.7 Å². The Hall–Kier alpha value is -0.650. The van der Waals surface area contributed by atoms with Crippen molar-refractivity contribution in [1.82, 2.24) is 14.7 Å². The molecule has 0 saturated carbocycles. The Morgan fingerprint density at radius 2 is 1.68 bits per heavy atom. The first-order valence-corrected chi connectivity index (χ1v) is 8.93. The van der Waals surface area contributed by atoms with Crippen LogP contribution in [-0.2, 0) is 9.53 Å². The lowest BCUT2D eigenvalue weighted by Crippen LogP contribution is -2.48. The summed E-state index contributed by atoms with van der Waals surface area (Å²) in [7, 11) is 2.17. The van der Waals surface area contributed by atoms with Gasteiger partial charge in [-0.2, -0.15) is 0 Å². The summed E-state index contributed by atoms with van der Waals surface area (Å²) in [5.41, 5.74) is 0.473. The van der Waals surface area contributed by atoms with Gasteiger partial charge in [-0.25, -0.2) is 0 Å². The summed E-state index contributed by atoms with van der Waals surface area (Å²) in [6.45, 7) is 8.66. The van der Waals surface area contributed by atoms with E-state index in [4.69, 9.17) is 4.74 Å². The molecule has 0 aromatic carbocycles. The number of carbonyl (C=O) groups excluding carboxylic acids is 1. The topological polar surface area (TPSA) is 36.0 Å². The molecular weight excluding hydrogens is 278 g/mol. The predicted molar refractivity (Wildman–Crippen MR) is 86.9 cm³/mol. The van der Waals surface area contributed by atoms with Crippen molar-refractivity contribution >= 4 is 5.91 Å². The third-order valence-electron chi connectivity index (χ3n) is 5.90. The van der Waals surface area contributed by atoms with Crippen molar-refractivity contribution in [2.24, 2.45) is 5.41 Å². The summed E-state index contributed by atoms with van der Waals surface area (Å²) in [5.74, 6) is 0.339. The van der Waals surface area contributed by atoms with Crippen LogP contribution in [0.4, 0.5) is 0 Å². The second-order valence-corrected chi connectivity index (χ2v) is 7.43. The summed E-state index contributed by atoms with van der Waals surface area (Å²) in [6.07, 6.45) is 5.89. The van der Waals surface area contributed by atoms with Gasteiger partial charge in [0.25, 0.3) is 0 Å². The number of ether oxygens (including phenoxy) is 1. The van der Waals surface area contributed by atoms with Crippen LogP contribution in [0.2, 0.25) is 0 Å². The largest absolute Gasteiger partial charge is 0.381 e. The molecule has 0 unspecified atom stereocenters. The molecule has 0 atom stereocenters. The molecule has 0 aliphatic carbocycles. The Balaban J connectivity index is 1.45. The second kappa shape index (κ2) is 7.28. The number of likely N-dealkylation sites (N-methyl/N-ethyl adjacent to an activating group) is 1. The summed E-state index contributed by atoms with van der Waals surface area (Å²) in [5, 5.41) is 0. The van der Waals surface area contributed by atoms with Crippen molar-refractivity contribution in [3.63, 3.8) is 0 Å². The van der Waals surface area contributed by atoms with Gasteiger partial charge < -0.3 is 14.5 Å². The van der Waals surface area contributed by atoms with Crippen molar-refractivity contribution in [3.05, 3.63) is 0 Å². The van der Waals surface area contributed by atoms with Gasteiger partial charge in [0.05, 0.1) is 6.54 Å². The van der Waals surface area contributed by atoms with Crippen LogP contribution in [0.25, 0.3) is 0 Å². The smallest absolute Gasteiger partial charge is 0.236 e. The van der Waals surface area contributed by atoms with Crippen LogP contribution < -0.4 is 0 Å². The average Bonchev–Trinajstić information content (AvgIpc) is 2.73. The van der Waals surface area contributed by atoms with Crippen LogP contribution in [0.3, 0.4) is 0 Å². The van der Waals surface area contributed by atoms with Gasteiger partial charge in [0.1, 0.15) is 0 Å². The summed E-state index contributed by atoms with van der Waals surface area (Å²) in [4.78, 5) is 19.4. The molecule has 3 heterocycles. The third kappa shape index (κ3) is 4.00. The van der Waals surface area contributed by atoms with E-state index in [9.17, 15) is 4.79 Å². The van der Waals surface area contributed by atoms with E-state index in [1.165, 1.54) is 32.1 Å². The highest BCUT2D eigenvalue weighted by atomic mass is 16.5. The fourth-order valence-electron chi connectivity index (χ4n) is 4.08. The number of hydrogen-bond acceptors (Lipinski definition) is 4. The Morgan fingerprint density at radius 3 is 2.41 bits per heavy atom. The van der Waals surface area contributed by atoms with Crippen LogP contribution in [0.1, 0.15) is 32.1 Å². The maximum Gasteiger partial charge on any atom is 0.236 e. The molecule has 3 aliphatic rings. The van der Waals surface area contributed by atoms with Crippen molar-refractivity contribution < 1.29 is 9.53 Å². The van der Waals surface area contributed by atoms with Crippen LogP contribution in [-0.4, -0.2) is 86.7 Å². The van der Waals surface area contributed by atoms with E-state index in [0.717, 1.165) is 52.5 Å². The molecule has 1 spiro atoms. The molecule has 0 radical (unpaired) electrons. The van der Waals surface area contributed by atoms with Crippen molar-refractivity contribution in [1.29, 1.82) is 0 Å². The van der Waals surface area contributed by atoms with Gasteiger partial charge in [0.15, 0.2) is 0 Å². The summed E-state index contributed by atoms with van der Waals surface area (Å²) in [6, 6.07) is 0. The van der Waals surface area contributed by atoms with Gasteiger partial charge in [0.2, 0.25) is 5.91 Å². The molecule has 5 nitrogen and oxygen atoms in total. The maximum absolute atomic E-state index is 12.6. The molecular formula is C17H31N3O2. The molecule has 0 bridgehead atoms. The van der Waals surface area contributed by atoms with E-state index in [0.29, 0.717) is 17.9 Å². The third-order valence-corrected chi connectivity index (χ3v) is 5.90. The highest BCUT2D eigenvalue weighted by Crippen LogP contribution is 2.40. The Kier molecular flexibility index (Phi) is 5.37. The normalized spacial score (nSPS) is 27.8. The Labute approximate surface area is 134 Å². The maximum atomic E-state index is 12.6. The SMILES string of the molecule is CN1CCCN(CC(=O)N2CCC3(CCOCC3)CC2)CC1. The lowest BCUT2D eigenvalue weighted by atomic mass is 9.72. The van der Waals surface area contributed by atoms with Crippen molar-refractivity contribution in [2.75, 3.05) is 66.1 Å². The molecule has 3 rings (SSSR count). The van der Waals surface area contributed by atoms with Gasteiger partial charge in [0, 0.05) is 39.4 Å². The van der Waals surface area contributed by atoms with E-state index in [1.807, 2.05) is 0 Å². The number of likely N-dealkylation sites (tertiary alicyclic amines) is 1. The molecule has 3 saturated heterocycles. The van der Waals surface area contributed by atoms with Gasteiger partial charge in [-0.3, -0.25) is 9.69 Å². The lowest BCUT2D eigenvalue weighted by molar-refractivity contribution is -0.135. The van der Waals surface area contributed by atoms with Crippen LogP contribution in [0, 0.1) is 5.41 Å². The summed E-state index contributed by atoms with van der Waals surface area (Å²) < 4.78 is 5.50. The van der Waals surface area contributed by atoms with E-state index < -0.39 is 0 Å². The fraction of sp³-hybridized carbons (Fsp3) is 0.941. The first-order valence-electron chi connectivity index (χ1n) is 8.93. The fourth-order valence-corrected chi connectivity index (χ4v) is 4.08. The zero-order valence-electron chi connectivity index (χ0n) is 14.1. The molecule has 22 heavy (non-hydrogen) atoms. The Morgan fingerprint density at radius 1 is 0.955 bits per heavy atom. The first kappa shape index (κ1) is 16.2. The number of piperidine rings is 1. The number of carbonyl (C=O) groups is 1. The van der Waals surface area contributed by atoms with Gasteiger partial charge >= 0.3 is 0 Å².